The second-order valence-electron chi connectivity index (χ2n) is 6.55. The third kappa shape index (κ3) is 6.74. The van der Waals surface area contributed by atoms with Crippen LogP contribution in [0.5, 0.6) is 0 Å². The van der Waals surface area contributed by atoms with Crippen LogP contribution in [-0.2, 0) is 10.5 Å². The highest BCUT2D eigenvalue weighted by Gasteiger charge is 2.26. The van der Waals surface area contributed by atoms with Crippen molar-refractivity contribution in [3.05, 3.63) is 35.9 Å². The zero-order valence-corrected chi connectivity index (χ0v) is 15.9. The number of carbonyl (C=O) groups excluding carboxylic acids is 1. The van der Waals surface area contributed by atoms with Crippen LogP contribution in [-0.4, -0.2) is 29.8 Å². The number of benzene rings is 1. The molecular weight excluding hydrogens is 328 g/mol. The summed E-state index contributed by atoms with van der Waals surface area (Å²) >= 11 is 1.75. The molecule has 3 unspecified atom stereocenters. The SMILES string of the molecule is CC1CC(NC(=O)C(SCc2ccccc2)C(C)C)CCN1.Cl. The predicted molar refractivity (Wildman–Crippen MR) is 102 cm³/mol. The molecule has 1 fully saturated rings. The minimum Gasteiger partial charge on any atom is -0.352 e. The van der Waals surface area contributed by atoms with E-state index < -0.39 is 0 Å². The van der Waals surface area contributed by atoms with Crippen molar-refractivity contribution in [2.45, 2.75) is 56.7 Å². The van der Waals surface area contributed by atoms with Gasteiger partial charge in [0, 0.05) is 17.8 Å². The molecule has 3 atom stereocenters. The predicted octanol–water partition coefficient (Wildman–Crippen LogP) is 3.62. The Bertz CT molecular complexity index is 469. The summed E-state index contributed by atoms with van der Waals surface area (Å²) in [4.78, 5) is 12.6. The second-order valence-corrected chi connectivity index (χ2v) is 7.68. The van der Waals surface area contributed by atoms with Gasteiger partial charge < -0.3 is 10.6 Å². The van der Waals surface area contributed by atoms with E-state index in [4.69, 9.17) is 0 Å². The molecule has 0 saturated carbocycles. The highest BCUT2D eigenvalue weighted by molar-refractivity contribution is 7.99. The van der Waals surface area contributed by atoms with Crippen LogP contribution in [0.2, 0.25) is 0 Å². The Balaban J connectivity index is 0.00000264. The van der Waals surface area contributed by atoms with Crippen LogP contribution in [0.4, 0.5) is 0 Å². The van der Waals surface area contributed by atoms with Gasteiger partial charge in [-0.2, -0.15) is 0 Å². The molecule has 2 N–H and O–H groups in total. The second kappa shape index (κ2) is 10.2. The van der Waals surface area contributed by atoms with Crippen molar-refractivity contribution in [1.82, 2.24) is 10.6 Å². The van der Waals surface area contributed by atoms with Gasteiger partial charge in [0.15, 0.2) is 0 Å². The number of rotatable bonds is 6. The molecule has 5 heteroatoms. The van der Waals surface area contributed by atoms with Crippen molar-refractivity contribution in [3.63, 3.8) is 0 Å². The molecule has 0 spiro atoms. The fourth-order valence-corrected chi connectivity index (χ4v) is 4.05. The van der Waals surface area contributed by atoms with Crippen molar-refractivity contribution in [1.29, 1.82) is 0 Å². The highest BCUT2D eigenvalue weighted by Crippen LogP contribution is 2.24. The average molecular weight is 357 g/mol. The molecule has 1 amide bonds. The van der Waals surface area contributed by atoms with Gasteiger partial charge in [-0.25, -0.2) is 0 Å². The van der Waals surface area contributed by atoms with Gasteiger partial charge in [-0.05, 0) is 37.8 Å². The Morgan fingerprint density at radius 3 is 2.65 bits per heavy atom. The molecule has 2 rings (SSSR count). The largest absolute Gasteiger partial charge is 0.352 e. The van der Waals surface area contributed by atoms with E-state index in [1.807, 2.05) is 6.07 Å². The quantitative estimate of drug-likeness (QED) is 0.817. The fraction of sp³-hybridized carbons (Fsp3) is 0.611. The minimum atomic E-state index is 0. The van der Waals surface area contributed by atoms with Gasteiger partial charge in [-0.3, -0.25) is 4.79 Å². The lowest BCUT2D eigenvalue weighted by molar-refractivity contribution is -0.122. The van der Waals surface area contributed by atoms with Gasteiger partial charge in [-0.15, -0.1) is 24.2 Å². The van der Waals surface area contributed by atoms with Gasteiger partial charge in [0.1, 0.15) is 0 Å². The smallest absolute Gasteiger partial charge is 0.233 e. The van der Waals surface area contributed by atoms with Crippen molar-refractivity contribution >= 4 is 30.1 Å². The van der Waals surface area contributed by atoms with Crippen LogP contribution < -0.4 is 10.6 Å². The highest BCUT2D eigenvalue weighted by atomic mass is 35.5. The molecule has 1 aromatic carbocycles. The van der Waals surface area contributed by atoms with E-state index in [1.165, 1.54) is 5.56 Å². The maximum absolute atomic E-state index is 12.6. The monoisotopic (exact) mass is 356 g/mol. The Hall–Kier alpha value is -0.710. The summed E-state index contributed by atoms with van der Waals surface area (Å²) in [5.41, 5.74) is 1.28. The van der Waals surface area contributed by atoms with Crippen LogP contribution in [0.25, 0.3) is 0 Å². The summed E-state index contributed by atoms with van der Waals surface area (Å²) < 4.78 is 0. The number of hydrogen-bond donors (Lipinski definition) is 2. The van der Waals surface area contributed by atoms with E-state index in [-0.39, 0.29) is 23.6 Å². The number of hydrogen-bond acceptors (Lipinski definition) is 3. The van der Waals surface area contributed by atoms with E-state index in [0.29, 0.717) is 18.0 Å². The Morgan fingerprint density at radius 2 is 2.04 bits per heavy atom. The van der Waals surface area contributed by atoms with Gasteiger partial charge in [-0.1, -0.05) is 44.2 Å². The fourth-order valence-electron chi connectivity index (χ4n) is 2.88. The van der Waals surface area contributed by atoms with E-state index in [0.717, 1.165) is 25.1 Å². The third-order valence-corrected chi connectivity index (χ3v) is 5.72. The normalized spacial score (nSPS) is 22.3. The maximum atomic E-state index is 12.6. The van der Waals surface area contributed by atoms with Crippen LogP contribution in [0.3, 0.4) is 0 Å². The summed E-state index contributed by atoms with van der Waals surface area (Å²) in [7, 11) is 0. The molecule has 1 saturated heterocycles. The maximum Gasteiger partial charge on any atom is 0.233 e. The van der Waals surface area contributed by atoms with Crippen molar-refractivity contribution in [3.8, 4) is 0 Å². The molecule has 1 aliphatic heterocycles. The summed E-state index contributed by atoms with van der Waals surface area (Å²) in [6.45, 7) is 7.44. The van der Waals surface area contributed by atoms with E-state index in [9.17, 15) is 4.79 Å². The Morgan fingerprint density at radius 1 is 1.35 bits per heavy atom. The van der Waals surface area contributed by atoms with E-state index in [1.54, 1.807) is 11.8 Å². The lowest BCUT2D eigenvalue weighted by atomic mass is 10.00. The Labute approximate surface area is 150 Å². The number of piperidine rings is 1. The van der Waals surface area contributed by atoms with Gasteiger partial charge in [0.05, 0.1) is 5.25 Å². The summed E-state index contributed by atoms with van der Waals surface area (Å²) in [5, 5.41) is 6.71. The van der Waals surface area contributed by atoms with Gasteiger partial charge >= 0.3 is 0 Å². The lowest BCUT2D eigenvalue weighted by Gasteiger charge is -2.30. The molecule has 0 bridgehead atoms. The number of thioether (sulfide) groups is 1. The molecule has 1 aromatic rings. The van der Waals surface area contributed by atoms with Crippen LogP contribution >= 0.6 is 24.2 Å². The number of halogens is 1. The zero-order chi connectivity index (χ0) is 15.9. The molecule has 3 nitrogen and oxygen atoms in total. The first kappa shape index (κ1) is 20.3. The van der Waals surface area contributed by atoms with Crippen LogP contribution in [0.1, 0.15) is 39.2 Å². The first-order valence-electron chi connectivity index (χ1n) is 8.25. The molecule has 0 aliphatic carbocycles. The van der Waals surface area contributed by atoms with Gasteiger partial charge in [0.2, 0.25) is 5.91 Å². The van der Waals surface area contributed by atoms with E-state index in [2.05, 4.69) is 55.7 Å². The molecule has 0 radical (unpaired) electrons. The first-order chi connectivity index (χ1) is 10.6. The number of nitrogens with one attached hydrogen (secondary N) is 2. The van der Waals surface area contributed by atoms with Crippen molar-refractivity contribution < 1.29 is 4.79 Å². The molecular formula is C18H29ClN2OS. The number of amides is 1. The molecule has 23 heavy (non-hydrogen) atoms. The summed E-state index contributed by atoms with van der Waals surface area (Å²) in [5.74, 6) is 1.43. The molecule has 130 valence electrons. The van der Waals surface area contributed by atoms with E-state index >= 15 is 0 Å². The Kier molecular flexibility index (Phi) is 9.03. The minimum absolute atomic E-state index is 0. The van der Waals surface area contributed by atoms with Crippen LogP contribution in [0, 0.1) is 5.92 Å². The average Bonchev–Trinajstić information content (AvgIpc) is 2.48. The van der Waals surface area contributed by atoms with Crippen LogP contribution in [0.15, 0.2) is 30.3 Å². The zero-order valence-electron chi connectivity index (χ0n) is 14.2. The number of carbonyl (C=O) groups is 1. The summed E-state index contributed by atoms with van der Waals surface area (Å²) in [6.07, 6.45) is 2.06. The summed E-state index contributed by atoms with van der Waals surface area (Å²) in [6, 6.07) is 11.2. The standard InChI is InChI=1S/C18H28N2OS.ClH/c1-13(2)17(22-12-15-7-5-4-6-8-15)18(21)20-16-9-10-19-14(3)11-16;/h4-8,13-14,16-17,19H,9-12H2,1-3H3,(H,20,21);1H. The van der Waals surface area contributed by atoms with Crippen molar-refractivity contribution in [2.24, 2.45) is 5.92 Å². The third-order valence-electron chi connectivity index (χ3n) is 4.11. The van der Waals surface area contributed by atoms with Gasteiger partial charge in [0.25, 0.3) is 0 Å². The molecule has 1 heterocycles. The lowest BCUT2D eigenvalue weighted by Crippen LogP contribution is -2.49. The molecule has 1 aliphatic rings. The van der Waals surface area contributed by atoms with Crippen molar-refractivity contribution in [2.75, 3.05) is 6.54 Å². The topological polar surface area (TPSA) is 41.1 Å². The molecule has 0 aromatic heterocycles. The first-order valence-corrected chi connectivity index (χ1v) is 9.30.